The minimum absolute atomic E-state index is 0.132. The van der Waals surface area contributed by atoms with Crippen LogP contribution in [0.3, 0.4) is 0 Å². The maximum Gasteiger partial charge on any atom is 0.274 e. The van der Waals surface area contributed by atoms with Gasteiger partial charge in [0.05, 0.1) is 17.2 Å². The van der Waals surface area contributed by atoms with Gasteiger partial charge < -0.3 is 4.98 Å². The second-order valence-corrected chi connectivity index (χ2v) is 4.30. The number of rotatable bonds is 1. The molecular formula is C12H10ClN3O. The van der Waals surface area contributed by atoms with Gasteiger partial charge in [0, 0.05) is 11.4 Å². The first-order valence-electron chi connectivity index (χ1n) is 5.38. The van der Waals surface area contributed by atoms with E-state index in [1.54, 1.807) is 18.3 Å². The summed E-state index contributed by atoms with van der Waals surface area (Å²) in [4.78, 5) is 18.9. The summed E-state index contributed by atoms with van der Waals surface area (Å²) in [6.07, 6.45) is 2.36. The Balaban J connectivity index is 2.63. The zero-order valence-electron chi connectivity index (χ0n) is 9.20. The van der Waals surface area contributed by atoms with Crippen molar-refractivity contribution in [3.63, 3.8) is 0 Å². The average molecular weight is 248 g/mol. The van der Waals surface area contributed by atoms with Crippen molar-refractivity contribution in [2.75, 3.05) is 0 Å². The van der Waals surface area contributed by atoms with Crippen LogP contribution in [0.4, 0.5) is 0 Å². The van der Waals surface area contributed by atoms with E-state index in [-0.39, 0.29) is 5.56 Å². The van der Waals surface area contributed by atoms with Crippen LogP contribution in [0.25, 0.3) is 16.6 Å². The van der Waals surface area contributed by atoms with E-state index in [1.807, 2.05) is 17.4 Å². The molecule has 3 aromatic rings. The number of aryl methyl sites for hydroxylation is 1. The molecule has 0 aliphatic heterocycles. The van der Waals surface area contributed by atoms with Crippen molar-refractivity contribution in [3.05, 3.63) is 45.6 Å². The maximum absolute atomic E-state index is 11.9. The fourth-order valence-corrected chi connectivity index (χ4v) is 2.22. The molecule has 1 N–H and O–H groups in total. The molecule has 0 fully saturated rings. The van der Waals surface area contributed by atoms with E-state index in [4.69, 9.17) is 11.6 Å². The van der Waals surface area contributed by atoms with Crippen molar-refractivity contribution in [2.45, 2.75) is 13.3 Å². The smallest absolute Gasteiger partial charge is 0.274 e. The molecule has 1 aromatic carbocycles. The number of imidazole rings is 1. The molecule has 17 heavy (non-hydrogen) atoms. The zero-order valence-corrected chi connectivity index (χ0v) is 9.95. The predicted octanol–water partition coefficient (Wildman–Crippen LogP) is 2.39. The summed E-state index contributed by atoms with van der Waals surface area (Å²) < 4.78 is 1.86. The van der Waals surface area contributed by atoms with Crippen molar-refractivity contribution in [1.29, 1.82) is 0 Å². The Bertz CT molecular complexity index is 772. The molecule has 0 amide bonds. The van der Waals surface area contributed by atoms with Crippen LogP contribution in [-0.2, 0) is 6.42 Å². The van der Waals surface area contributed by atoms with E-state index >= 15 is 0 Å². The van der Waals surface area contributed by atoms with Crippen molar-refractivity contribution in [2.24, 2.45) is 0 Å². The van der Waals surface area contributed by atoms with Gasteiger partial charge in [-0.1, -0.05) is 18.5 Å². The first-order valence-corrected chi connectivity index (χ1v) is 5.76. The van der Waals surface area contributed by atoms with Crippen LogP contribution in [0.5, 0.6) is 0 Å². The van der Waals surface area contributed by atoms with E-state index in [2.05, 4.69) is 9.97 Å². The molecular weight excluding hydrogens is 238 g/mol. The third kappa shape index (κ3) is 1.45. The van der Waals surface area contributed by atoms with Gasteiger partial charge >= 0.3 is 0 Å². The normalized spacial score (nSPS) is 11.4. The second-order valence-electron chi connectivity index (χ2n) is 3.86. The fourth-order valence-electron chi connectivity index (χ4n) is 2.05. The molecule has 0 unspecified atom stereocenters. The van der Waals surface area contributed by atoms with Gasteiger partial charge in [-0.15, -0.1) is 0 Å². The topological polar surface area (TPSA) is 50.2 Å². The third-order valence-corrected chi connectivity index (χ3v) is 3.07. The standard InChI is InChI=1S/C12H10ClN3O/c1-2-11-14-6-10-12(17)15-8-4-3-7(13)5-9(8)16(10)11/h3-6H,2H2,1H3,(H,15,17). The predicted molar refractivity (Wildman–Crippen MR) is 67.7 cm³/mol. The fraction of sp³-hybridized carbons (Fsp3) is 0.167. The number of benzene rings is 1. The van der Waals surface area contributed by atoms with Crippen molar-refractivity contribution in [1.82, 2.24) is 14.4 Å². The Hall–Kier alpha value is -1.81. The third-order valence-electron chi connectivity index (χ3n) is 2.83. The molecule has 2 heterocycles. The number of fused-ring (bicyclic) bond motifs is 3. The molecule has 0 saturated heterocycles. The average Bonchev–Trinajstić information content (AvgIpc) is 2.75. The van der Waals surface area contributed by atoms with E-state index in [1.165, 1.54) is 0 Å². The van der Waals surface area contributed by atoms with Crippen molar-refractivity contribution < 1.29 is 0 Å². The van der Waals surface area contributed by atoms with E-state index in [0.29, 0.717) is 10.5 Å². The Morgan fingerprint density at radius 1 is 1.41 bits per heavy atom. The molecule has 0 saturated carbocycles. The molecule has 86 valence electrons. The minimum Gasteiger partial charge on any atom is -0.319 e. The molecule has 2 aromatic heterocycles. The van der Waals surface area contributed by atoms with Crippen molar-refractivity contribution >= 4 is 28.2 Å². The lowest BCUT2D eigenvalue weighted by Crippen LogP contribution is -2.10. The summed E-state index contributed by atoms with van der Waals surface area (Å²) in [6, 6.07) is 5.40. The molecule has 0 spiro atoms. The number of hydrogen-bond acceptors (Lipinski definition) is 2. The first-order chi connectivity index (χ1) is 8.20. The number of nitrogens with one attached hydrogen (secondary N) is 1. The molecule has 0 radical (unpaired) electrons. The Kier molecular flexibility index (Phi) is 2.19. The largest absolute Gasteiger partial charge is 0.319 e. The van der Waals surface area contributed by atoms with Crippen LogP contribution in [-0.4, -0.2) is 14.4 Å². The van der Waals surface area contributed by atoms with Gasteiger partial charge in [0.25, 0.3) is 5.56 Å². The van der Waals surface area contributed by atoms with Gasteiger partial charge in [0.1, 0.15) is 11.3 Å². The van der Waals surface area contributed by atoms with Crippen LogP contribution in [0.2, 0.25) is 5.02 Å². The highest BCUT2D eigenvalue weighted by atomic mass is 35.5. The van der Waals surface area contributed by atoms with Gasteiger partial charge in [0.15, 0.2) is 0 Å². The van der Waals surface area contributed by atoms with E-state index in [0.717, 1.165) is 23.3 Å². The highest BCUT2D eigenvalue weighted by molar-refractivity contribution is 6.31. The number of aromatic amines is 1. The highest BCUT2D eigenvalue weighted by Crippen LogP contribution is 2.19. The van der Waals surface area contributed by atoms with Gasteiger partial charge in [0.2, 0.25) is 0 Å². The summed E-state index contributed by atoms with van der Waals surface area (Å²) in [6.45, 7) is 2.01. The minimum atomic E-state index is -0.132. The van der Waals surface area contributed by atoms with Crippen molar-refractivity contribution in [3.8, 4) is 0 Å². The number of nitrogens with zero attached hydrogens (tertiary/aromatic N) is 2. The molecule has 0 bridgehead atoms. The van der Waals surface area contributed by atoms with Gasteiger partial charge in [-0.3, -0.25) is 9.20 Å². The molecule has 3 rings (SSSR count). The molecule has 5 heteroatoms. The number of H-pyrrole nitrogens is 1. The first kappa shape index (κ1) is 10.4. The summed E-state index contributed by atoms with van der Waals surface area (Å²) in [5, 5.41) is 0.640. The molecule has 4 nitrogen and oxygen atoms in total. The summed E-state index contributed by atoms with van der Waals surface area (Å²) in [5.41, 5.74) is 2.06. The van der Waals surface area contributed by atoms with Crippen LogP contribution in [0, 0.1) is 0 Å². The Morgan fingerprint density at radius 2 is 2.24 bits per heavy atom. The second kappa shape index (κ2) is 3.60. The lowest BCUT2D eigenvalue weighted by molar-refractivity contribution is 0.948. The van der Waals surface area contributed by atoms with Gasteiger partial charge in [-0.2, -0.15) is 0 Å². The lowest BCUT2D eigenvalue weighted by Gasteiger charge is -2.04. The summed E-state index contributed by atoms with van der Waals surface area (Å²) in [5.74, 6) is 0.860. The van der Waals surface area contributed by atoms with Gasteiger partial charge in [-0.25, -0.2) is 4.98 Å². The molecule has 0 aliphatic rings. The molecule has 0 atom stereocenters. The Labute approximate surface area is 102 Å². The summed E-state index contributed by atoms with van der Waals surface area (Å²) >= 11 is 6.00. The number of aromatic nitrogens is 3. The van der Waals surface area contributed by atoms with Crippen LogP contribution in [0.15, 0.2) is 29.2 Å². The number of hydrogen-bond donors (Lipinski definition) is 1. The quantitative estimate of drug-likeness (QED) is 0.718. The van der Waals surface area contributed by atoms with E-state index in [9.17, 15) is 4.79 Å². The summed E-state index contributed by atoms with van der Waals surface area (Å²) in [7, 11) is 0. The monoisotopic (exact) mass is 247 g/mol. The maximum atomic E-state index is 11.9. The van der Waals surface area contributed by atoms with Crippen LogP contribution in [0.1, 0.15) is 12.7 Å². The van der Waals surface area contributed by atoms with E-state index < -0.39 is 0 Å². The molecule has 0 aliphatic carbocycles. The van der Waals surface area contributed by atoms with Crippen LogP contribution < -0.4 is 5.56 Å². The Morgan fingerprint density at radius 3 is 3.00 bits per heavy atom. The SMILES string of the molecule is CCc1ncc2c(=O)[nH]c3ccc(Cl)cc3n12. The number of halogens is 1. The van der Waals surface area contributed by atoms with Crippen LogP contribution >= 0.6 is 11.6 Å². The van der Waals surface area contributed by atoms with Gasteiger partial charge in [-0.05, 0) is 18.2 Å². The zero-order chi connectivity index (χ0) is 12.0. The highest BCUT2D eigenvalue weighted by Gasteiger charge is 2.09. The lowest BCUT2D eigenvalue weighted by atomic mass is 10.3.